The van der Waals surface area contributed by atoms with Crippen LogP contribution in [0.15, 0.2) is 18.2 Å². The Hall–Kier alpha value is -1.26. The maximum absolute atomic E-state index is 6.03. The fraction of sp³-hybridized carbons (Fsp3) is 0.667. The van der Waals surface area contributed by atoms with E-state index in [-0.39, 0.29) is 0 Å². The van der Waals surface area contributed by atoms with Gasteiger partial charge in [-0.25, -0.2) is 0 Å². The molecule has 1 saturated heterocycles. The van der Waals surface area contributed by atoms with Crippen molar-refractivity contribution in [2.45, 2.75) is 38.6 Å². The number of ether oxygens (including phenoxy) is 1. The summed E-state index contributed by atoms with van der Waals surface area (Å²) in [6.45, 7) is 6.24. The van der Waals surface area contributed by atoms with Crippen molar-refractivity contribution in [1.29, 1.82) is 0 Å². The summed E-state index contributed by atoms with van der Waals surface area (Å²) >= 11 is 0. The molecule has 0 atom stereocenters. The number of aryl methyl sites for hydroxylation is 1. The molecule has 0 bridgehead atoms. The first-order chi connectivity index (χ1) is 10.6. The topological polar surface area (TPSA) is 41.7 Å². The third-order valence-electron chi connectivity index (χ3n) is 4.66. The van der Waals surface area contributed by atoms with Crippen LogP contribution in [0, 0.1) is 0 Å². The summed E-state index contributed by atoms with van der Waals surface area (Å²) in [6.07, 6.45) is 4.84. The minimum Gasteiger partial charge on any atom is -0.492 e. The average molecular weight is 305 g/mol. The Labute approximate surface area is 135 Å². The van der Waals surface area contributed by atoms with Gasteiger partial charge in [-0.3, -0.25) is 0 Å². The molecule has 0 saturated carbocycles. The van der Waals surface area contributed by atoms with Gasteiger partial charge in [-0.15, -0.1) is 0 Å². The summed E-state index contributed by atoms with van der Waals surface area (Å²) in [5.41, 5.74) is 8.09. The zero-order valence-corrected chi connectivity index (χ0v) is 14.3. The lowest BCUT2D eigenvalue weighted by Gasteiger charge is -2.35. The molecule has 124 valence electrons. The van der Waals surface area contributed by atoms with Crippen molar-refractivity contribution in [2.75, 3.05) is 46.1 Å². The predicted octanol–water partition coefficient (Wildman–Crippen LogP) is 2.63. The van der Waals surface area contributed by atoms with Crippen LogP contribution < -0.4 is 10.5 Å². The highest BCUT2D eigenvalue weighted by Crippen LogP contribution is 2.23. The molecule has 4 heteroatoms. The van der Waals surface area contributed by atoms with Crippen LogP contribution in [0.3, 0.4) is 0 Å². The van der Waals surface area contributed by atoms with Crippen molar-refractivity contribution in [2.24, 2.45) is 0 Å². The van der Waals surface area contributed by atoms with Gasteiger partial charge in [0.25, 0.3) is 0 Å². The van der Waals surface area contributed by atoms with E-state index in [0.29, 0.717) is 6.61 Å². The quantitative estimate of drug-likeness (QED) is 0.786. The molecular formula is C18H31N3O. The Morgan fingerprint density at radius 3 is 2.68 bits per heavy atom. The third kappa shape index (κ3) is 4.89. The van der Waals surface area contributed by atoms with E-state index in [0.717, 1.165) is 30.4 Å². The number of nitrogen functional groups attached to an aromatic ring is 1. The molecule has 0 amide bonds. The Balaban J connectivity index is 1.75. The number of likely N-dealkylation sites (tertiary alicyclic amines) is 1. The first-order valence-electron chi connectivity index (χ1n) is 8.50. The van der Waals surface area contributed by atoms with Gasteiger partial charge in [-0.05, 0) is 84.0 Å². The molecule has 1 aliphatic rings. The molecule has 0 aromatic heterocycles. The minimum atomic E-state index is 0.658. The normalized spacial score (nSPS) is 17.1. The van der Waals surface area contributed by atoms with Crippen molar-refractivity contribution < 1.29 is 4.74 Å². The molecule has 1 heterocycles. The summed E-state index contributed by atoms with van der Waals surface area (Å²) in [5.74, 6) is 0.801. The minimum absolute atomic E-state index is 0.658. The van der Waals surface area contributed by atoms with Gasteiger partial charge < -0.3 is 20.3 Å². The van der Waals surface area contributed by atoms with Crippen LogP contribution in [-0.4, -0.2) is 56.2 Å². The fourth-order valence-corrected chi connectivity index (χ4v) is 3.19. The molecule has 2 rings (SSSR count). The molecule has 0 aliphatic carbocycles. The van der Waals surface area contributed by atoms with E-state index in [4.69, 9.17) is 10.5 Å². The molecule has 1 fully saturated rings. The standard InChI is InChI=1S/C18H31N3O/c1-4-22-18-8-7-15(14-17(18)19)6-5-11-21(3)16-9-12-20(2)13-10-16/h7-8,14,16H,4-6,9-13,19H2,1-3H3. The molecule has 22 heavy (non-hydrogen) atoms. The van der Waals surface area contributed by atoms with Crippen LogP contribution in [0.2, 0.25) is 0 Å². The van der Waals surface area contributed by atoms with Gasteiger partial charge in [0.05, 0.1) is 12.3 Å². The molecule has 1 aromatic carbocycles. The molecule has 2 N–H and O–H groups in total. The van der Waals surface area contributed by atoms with E-state index in [2.05, 4.69) is 36.0 Å². The summed E-state index contributed by atoms with van der Waals surface area (Å²) < 4.78 is 5.49. The van der Waals surface area contributed by atoms with E-state index >= 15 is 0 Å². The Morgan fingerprint density at radius 2 is 2.05 bits per heavy atom. The number of anilines is 1. The second kappa shape index (κ2) is 8.39. The van der Waals surface area contributed by atoms with Crippen LogP contribution >= 0.6 is 0 Å². The smallest absolute Gasteiger partial charge is 0.142 e. The van der Waals surface area contributed by atoms with E-state index in [1.54, 1.807) is 0 Å². The molecule has 4 nitrogen and oxygen atoms in total. The fourth-order valence-electron chi connectivity index (χ4n) is 3.19. The van der Waals surface area contributed by atoms with Gasteiger partial charge in [0.2, 0.25) is 0 Å². The third-order valence-corrected chi connectivity index (χ3v) is 4.66. The van der Waals surface area contributed by atoms with Crippen LogP contribution in [0.5, 0.6) is 5.75 Å². The van der Waals surface area contributed by atoms with Gasteiger partial charge in [0.1, 0.15) is 5.75 Å². The number of hydrogen-bond donors (Lipinski definition) is 1. The van der Waals surface area contributed by atoms with Crippen LogP contribution in [0.25, 0.3) is 0 Å². The summed E-state index contributed by atoms with van der Waals surface area (Å²) in [7, 11) is 4.48. The predicted molar refractivity (Wildman–Crippen MR) is 93.5 cm³/mol. The molecule has 0 radical (unpaired) electrons. The van der Waals surface area contributed by atoms with Gasteiger partial charge in [-0.2, -0.15) is 0 Å². The van der Waals surface area contributed by atoms with Gasteiger partial charge >= 0.3 is 0 Å². The van der Waals surface area contributed by atoms with Gasteiger partial charge in [-0.1, -0.05) is 6.07 Å². The largest absolute Gasteiger partial charge is 0.492 e. The lowest BCUT2D eigenvalue weighted by atomic mass is 10.0. The van der Waals surface area contributed by atoms with Crippen molar-refractivity contribution in [1.82, 2.24) is 9.80 Å². The van der Waals surface area contributed by atoms with Crippen molar-refractivity contribution in [3.8, 4) is 5.75 Å². The van der Waals surface area contributed by atoms with E-state index in [1.165, 1.54) is 37.9 Å². The lowest BCUT2D eigenvalue weighted by Crippen LogP contribution is -2.42. The van der Waals surface area contributed by atoms with Crippen LogP contribution in [0.4, 0.5) is 5.69 Å². The van der Waals surface area contributed by atoms with Crippen molar-refractivity contribution in [3.05, 3.63) is 23.8 Å². The van der Waals surface area contributed by atoms with E-state index in [9.17, 15) is 0 Å². The van der Waals surface area contributed by atoms with E-state index < -0.39 is 0 Å². The zero-order chi connectivity index (χ0) is 15.9. The highest BCUT2D eigenvalue weighted by molar-refractivity contribution is 5.54. The van der Waals surface area contributed by atoms with Crippen LogP contribution in [-0.2, 0) is 6.42 Å². The number of piperidine rings is 1. The lowest BCUT2D eigenvalue weighted by molar-refractivity contribution is 0.143. The summed E-state index contributed by atoms with van der Waals surface area (Å²) in [4.78, 5) is 4.96. The maximum atomic E-state index is 6.03. The zero-order valence-electron chi connectivity index (χ0n) is 14.3. The Bertz CT molecular complexity index is 456. The number of nitrogens with two attached hydrogens (primary N) is 1. The molecule has 0 unspecified atom stereocenters. The van der Waals surface area contributed by atoms with Crippen molar-refractivity contribution in [3.63, 3.8) is 0 Å². The first-order valence-corrected chi connectivity index (χ1v) is 8.50. The molecular weight excluding hydrogens is 274 g/mol. The first kappa shape index (κ1) is 17.1. The monoisotopic (exact) mass is 305 g/mol. The van der Waals surface area contributed by atoms with Gasteiger partial charge in [0.15, 0.2) is 0 Å². The molecule has 0 spiro atoms. The average Bonchev–Trinajstić information content (AvgIpc) is 2.50. The molecule has 1 aromatic rings. The second-order valence-electron chi connectivity index (χ2n) is 6.42. The number of rotatable bonds is 7. The highest BCUT2D eigenvalue weighted by atomic mass is 16.5. The second-order valence-corrected chi connectivity index (χ2v) is 6.42. The van der Waals surface area contributed by atoms with Crippen molar-refractivity contribution >= 4 is 5.69 Å². The molecule has 1 aliphatic heterocycles. The van der Waals surface area contributed by atoms with Gasteiger partial charge in [0, 0.05) is 6.04 Å². The number of hydrogen-bond acceptors (Lipinski definition) is 4. The highest BCUT2D eigenvalue weighted by Gasteiger charge is 2.19. The maximum Gasteiger partial charge on any atom is 0.142 e. The number of nitrogens with zero attached hydrogens (tertiary/aromatic N) is 2. The number of benzene rings is 1. The Kier molecular flexibility index (Phi) is 6.52. The van der Waals surface area contributed by atoms with E-state index in [1.807, 2.05) is 13.0 Å². The van der Waals surface area contributed by atoms with Crippen LogP contribution in [0.1, 0.15) is 31.7 Å². The summed E-state index contributed by atoms with van der Waals surface area (Å²) in [6, 6.07) is 6.94. The Morgan fingerprint density at radius 1 is 1.32 bits per heavy atom. The summed E-state index contributed by atoms with van der Waals surface area (Å²) in [5, 5.41) is 0. The SMILES string of the molecule is CCOc1ccc(CCCN(C)C2CCN(C)CC2)cc1N.